The zero-order valence-corrected chi connectivity index (χ0v) is 19.6. The highest BCUT2D eigenvalue weighted by Gasteiger charge is 2.35. The number of aromatic nitrogens is 2. The number of imidazole rings is 1. The SMILES string of the molecule is CCC(CC)c1ccc(Cl)c2nc(Oc3c(SC)ccc(Cl)c3OC(F)(F)F)n(C)c12. The van der Waals surface area contributed by atoms with E-state index in [4.69, 9.17) is 27.9 Å². The molecule has 0 atom stereocenters. The quantitative estimate of drug-likeness (QED) is 0.311. The van der Waals surface area contributed by atoms with Crippen LogP contribution in [0.15, 0.2) is 29.2 Å². The van der Waals surface area contributed by atoms with E-state index in [1.165, 1.54) is 17.8 Å². The number of thioether (sulfide) groups is 1. The summed E-state index contributed by atoms with van der Waals surface area (Å²) in [5, 5.41) is 0.206. The summed E-state index contributed by atoms with van der Waals surface area (Å²) in [5.41, 5.74) is 2.36. The molecule has 3 aromatic rings. The lowest BCUT2D eigenvalue weighted by Crippen LogP contribution is -2.18. The fourth-order valence-corrected chi connectivity index (χ4v) is 4.43. The van der Waals surface area contributed by atoms with Crippen LogP contribution in [0.1, 0.15) is 38.2 Å². The predicted molar refractivity (Wildman–Crippen MR) is 119 cm³/mol. The lowest BCUT2D eigenvalue weighted by molar-refractivity contribution is -0.275. The largest absolute Gasteiger partial charge is 0.573 e. The number of fused-ring (bicyclic) bond motifs is 1. The van der Waals surface area contributed by atoms with Gasteiger partial charge in [0.15, 0.2) is 11.5 Å². The molecular formula is C21H21Cl2F3N2O2S. The highest BCUT2D eigenvalue weighted by Crippen LogP contribution is 2.46. The third-order valence-corrected chi connectivity index (χ3v) is 6.41. The number of alkyl halides is 3. The third-order valence-electron chi connectivity index (χ3n) is 5.05. The fraction of sp³-hybridized carbons (Fsp3) is 0.381. The topological polar surface area (TPSA) is 36.3 Å². The molecule has 31 heavy (non-hydrogen) atoms. The van der Waals surface area contributed by atoms with Gasteiger partial charge in [-0.2, -0.15) is 4.98 Å². The first kappa shape index (κ1) is 23.9. The van der Waals surface area contributed by atoms with Crippen LogP contribution < -0.4 is 9.47 Å². The van der Waals surface area contributed by atoms with E-state index >= 15 is 0 Å². The molecule has 0 aliphatic rings. The summed E-state index contributed by atoms with van der Waals surface area (Å²) in [5.74, 6) is -0.490. The van der Waals surface area contributed by atoms with Crippen LogP contribution in [0.3, 0.4) is 0 Å². The Morgan fingerprint density at radius 3 is 2.29 bits per heavy atom. The normalized spacial score (nSPS) is 12.1. The maximum absolute atomic E-state index is 13.0. The first-order valence-electron chi connectivity index (χ1n) is 9.56. The molecule has 0 radical (unpaired) electrons. The molecule has 0 unspecified atom stereocenters. The molecule has 2 aromatic carbocycles. The molecule has 0 N–H and O–H groups in total. The highest BCUT2D eigenvalue weighted by molar-refractivity contribution is 7.98. The summed E-state index contributed by atoms with van der Waals surface area (Å²) >= 11 is 13.6. The zero-order chi connectivity index (χ0) is 22.9. The van der Waals surface area contributed by atoms with Crippen LogP contribution in [0.25, 0.3) is 11.0 Å². The average molecular weight is 493 g/mol. The molecule has 0 fully saturated rings. The second-order valence-electron chi connectivity index (χ2n) is 6.86. The zero-order valence-electron chi connectivity index (χ0n) is 17.3. The lowest BCUT2D eigenvalue weighted by Gasteiger charge is -2.18. The van der Waals surface area contributed by atoms with Crippen molar-refractivity contribution in [1.29, 1.82) is 0 Å². The summed E-state index contributed by atoms with van der Waals surface area (Å²) in [6.07, 6.45) is -1.38. The van der Waals surface area contributed by atoms with Crippen LogP contribution in [0.5, 0.6) is 17.5 Å². The van der Waals surface area contributed by atoms with Gasteiger partial charge in [0.05, 0.1) is 20.5 Å². The van der Waals surface area contributed by atoms with Crippen LogP contribution in [0.2, 0.25) is 10.0 Å². The maximum atomic E-state index is 13.0. The Bertz CT molecular complexity index is 1100. The van der Waals surface area contributed by atoms with E-state index in [-0.39, 0.29) is 22.7 Å². The van der Waals surface area contributed by atoms with E-state index in [9.17, 15) is 13.2 Å². The van der Waals surface area contributed by atoms with Crippen LogP contribution in [-0.2, 0) is 7.05 Å². The van der Waals surface area contributed by atoms with Gasteiger partial charge in [-0.3, -0.25) is 4.57 Å². The van der Waals surface area contributed by atoms with Crippen molar-refractivity contribution < 1.29 is 22.6 Å². The van der Waals surface area contributed by atoms with E-state index in [1.807, 2.05) is 6.07 Å². The van der Waals surface area contributed by atoms with Crippen LogP contribution >= 0.6 is 35.0 Å². The van der Waals surface area contributed by atoms with Gasteiger partial charge in [-0.1, -0.05) is 43.1 Å². The van der Waals surface area contributed by atoms with Gasteiger partial charge >= 0.3 is 12.4 Å². The Morgan fingerprint density at radius 2 is 1.71 bits per heavy atom. The fourth-order valence-electron chi connectivity index (χ4n) is 3.53. The van der Waals surface area contributed by atoms with Gasteiger partial charge in [0.25, 0.3) is 0 Å². The van der Waals surface area contributed by atoms with Crippen LogP contribution in [-0.4, -0.2) is 22.2 Å². The molecule has 0 saturated carbocycles. The molecule has 0 aliphatic carbocycles. The average Bonchev–Trinajstić information content (AvgIpc) is 3.04. The lowest BCUT2D eigenvalue weighted by atomic mass is 9.93. The maximum Gasteiger partial charge on any atom is 0.573 e. The molecule has 0 aliphatic heterocycles. The minimum absolute atomic E-state index is 0.0832. The van der Waals surface area contributed by atoms with E-state index in [0.29, 0.717) is 15.4 Å². The van der Waals surface area contributed by atoms with Gasteiger partial charge < -0.3 is 9.47 Å². The Kier molecular flexibility index (Phi) is 7.23. The van der Waals surface area contributed by atoms with Crippen molar-refractivity contribution in [2.75, 3.05) is 6.26 Å². The second-order valence-corrected chi connectivity index (χ2v) is 8.52. The highest BCUT2D eigenvalue weighted by atomic mass is 35.5. The Morgan fingerprint density at radius 1 is 1.06 bits per heavy atom. The number of hydrogen-bond acceptors (Lipinski definition) is 4. The molecule has 1 heterocycles. The molecule has 168 valence electrons. The van der Waals surface area contributed by atoms with E-state index < -0.39 is 12.1 Å². The summed E-state index contributed by atoms with van der Waals surface area (Å²) in [4.78, 5) is 4.90. The number of aryl methyl sites for hydroxylation is 1. The standard InChI is InChI=1S/C21H21Cl2F3N2O2S/c1-5-11(6-2)12-7-8-13(22)16-17(12)28(3)20(27-16)29-19-15(31-4)10-9-14(23)18(19)30-21(24,25)26/h7-11H,5-6H2,1-4H3. The van der Waals surface area contributed by atoms with Gasteiger partial charge in [-0.15, -0.1) is 24.9 Å². The molecule has 0 bridgehead atoms. The summed E-state index contributed by atoms with van der Waals surface area (Å²) in [6, 6.07) is 6.72. The van der Waals surface area contributed by atoms with Crippen LogP contribution in [0.4, 0.5) is 13.2 Å². The van der Waals surface area contributed by atoms with Gasteiger partial charge in [-0.25, -0.2) is 0 Å². The minimum atomic E-state index is -4.93. The Hall–Kier alpha value is -1.77. The van der Waals surface area contributed by atoms with Gasteiger partial charge in [0.1, 0.15) is 5.52 Å². The number of hydrogen-bond donors (Lipinski definition) is 0. The Labute approximate surface area is 192 Å². The number of benzene rings is 2. The van der Waals surface area contributed by atoms with Crippen molar-refractivity contribution in [2.24, 2.45) is 7.05 Å². The predicted octanol–water partition coefficient (Wildman–Crippen LogP) is 8.20. The smallest absolute Gasteiger partial charge is 0.420 e. The number of halogens is 5. The van der Waals surface area contributed by atoms with Crippen molar-refractivity contribution in [3.8, 4) is 17.5 Å². The summed E-state index contributed by atoms with van der Waals surface area (Å²) in [7, 11) is 1.74. The van der Waals surface area contributed by atoms with Gasteiger partial charge in [0, 0.05) is 7.05 Å². The molecule has 3 rings (SSSR count). The summed E-state index contributed by atoms with van der Waals surface area (Å²) < 4.78 is 50.8. The molecule has 1 aromatic heterocycles. The van der Waals surface area contributed by atoms with Crippen molar-refractivity contribution in [1.82, 2.24) is 9.55 Å². The van der Waals surface area contributed by atoms with Crippen molar-refractivity contribution >= 4 is 46.0 Å². The summed E-state index contributed by atoms with van der Waals surface area (Å²) in [6.45, 7) is 4.19. The third kappa shape index (κ3) is 4.86. The number of nitrogens with zero attached hydrogens (tertiary/aromatic N) is 2. The molecule has 10 heteroatoms. The van der Waals surface area contributed by atoms with E-state index in [2.05, 4.69) is 23.6 Å². The first-order valence-corrected chi connectivity index (χ1v) is 11.5. The molecule has 4 nitrogen and oxygen atoms in total. The van der Waals surface area contributed by atoms with Gasteiger partial charge in [0.2, 0.25) is 0 Å². The van der Waals surface area contributed by atoms with Crippen LogP contribution in [0, 0.1) is 0 Å². The van der Waals surface area contributed by atoms with Crippen molar-refractivity contribution in [3.63, 3.8) is 0 Å². The minimum Gasteiger partial charge on any atom is -0.420 e. The van der Waals surface area contributed by atoms with E-state index in [0.717, 1.165) is 23.9 Å². The molecule has 0 saturated heterocycles. The number of ether oxygens (including phenoxy) is 2. The Balaban J connectivity index is 2.19. The van der Waals surface area contributed by atoms with Gasteiger partial charge in [-0.05, 0) is 48.8 Å². The molecular weight excluding hydrogens is 472 g/mol. The van der Waals surface area contributed by atoms with Crippen molar-refractivity contribution in [2.45, 2.75) is 43.9 Å². The van der Waals surface area contributed by atoms with E-state index in [1.54, 1.807) is 30.0 Å². The van der Waals surface area contributed by atoms with Crippen molar-refractivity contribution in [3.05, 3.63) is 39.9 Å². The molecule has 0 amide bonds. The molecule has 0 spiro atoms. The monoisotopic (exact) mass is 492 g/mol. The first-order chi connectivity index (χ1) is 14.6. The number of rotatable bonds is 7. The second kappa shape index (κ2) is 9.38.